The van der Waals surface area contributed by atoms with Gasteiger partial charge < -0.3 is 4.74 Å². The van der Waals surface area contributed by atoms with Gasteiger partial charge in [-0.3, -0.25) is 9.59 Å². The second-order valence-corrected chi connectivity index (χ2v) is 5.50. The fourth-order valence-corrected chi connectivity index (χ4v) is 2.54. The lowest BCUT2D eigenvalue weighted by Crippen LogP contribution is -2.41. The molecule has 15 heavy (non-hydrogen) atoms. The maximum absolute atomic E-state index is 11.8. The monoisotopic (exact) mass is 230 g/mol. The van der Waals surface area contributed by atoms with Crippen molar-refractivity contribution in [2.45, 2.75) is 32.3 Å². The van der Waals surface area contributed by atoms with Gasteiger partial charge in [-0.05, 0) is 37.8 Å². The Bertz CT molecular complexity index is 311. The van der Waals surface area contributed by atoms with E-state index in [0.717, 1.165) is 6.42 Å². The first-order chi connectivity index (χ1) is 6.91. The van der Waals surface area contributed by atoms with Crippen LogP contribution in [0.4, 0.5) is 0 Å². The first-order valence-corrected chi connectivity index (χ1v) is 5.64. The molecule has 1 heterocycles. The van der Waals surface area contributed by atoms with Crippen LogP contribution in [0.2, 0.25) is 0 Å². The fourth-order valence-electron chi connectivity index (χ4n) is 2.29. The quantitative estimate of drug-likeness (QED) is 0.679. The van der Waals surface area contributed by atoms with Crippen LogP contribution in [0.5, 0.6) is 0 Å². The molecule has 2 rings (SSSR count). The molecule has 1 saturated carbocycles. The predicted octanol–water partition coefficient (Wildman–Crippen LogP) is 1.77. The minimum absolute atomic E-state index is 0.106. The van der Waals surface area contributed by atoms with Crippen LogP contribution in [0, 0.1) is 17.8 Å². The fraction of sp³-hybridized carbons (Fsp3) is 0.818. The number of hydrogen-bond donors (Lipinski definition) is 0. The summed E-state index contributed by atoms with van der Waals surface area (Å²) >= 11 is 5.40. The molecule has 1 aliphatic carbocycles. The van der Waals surface area contributed by atoms with E-state index >= 15 is 0 Å². The summed E-state index contributed by atoms with van der Waals surface area (Å²) in [5.41, 5.74) is -0.344. The van der Waals surface area contributed by atoms with Gasteiger partial charge in [0.2, 0.25) is 5.24 Å². The van der Waals surface area contributed by atoms with Gasteiger partial charge in [0, 0.05) is 18.3 Å². The van der Waals surface area contributed by atoms with Crippen LogP contribution in [-0.4, -0.2) is 23.2 Å². The molecule has 84 valence electrons. The van der Waals surface area contributed by atoms with Crippen molar-refractivity contribution in [1.29, 1.82) is 0 Å². The number of carbonyl (C=O) groups excluding carboxylic acids is 2. The molecular formula is C11H15ClO3. The molecule has 3 atom stereocenters. The summed E-state index contributed by atoms with van der Waals surface area (Å²) in [5, 5.41) is -0.308. The molecule has 0 spiro atoms. The second kappa shape index (κ2) is 3.56. The maximum Gasteiger partial charge on any atom is 0.225 e. The first-order valence-electron chi connectivity index (χ1n) is 5.27. The second-order valence-electron chi connectivity index (χ2n) is 5.13. The van der Waals surface area contributed by atoms with Crippen molar-refractivity contribution < 1.29 is 14.3 Å². The molecule has 3 nitrogen and oxygen atoms in total. The summed E-state index contributed by atoms with van der Waals surface area (Å²) in [6, 6.07) is 0. The highest BCUT2D eigenvalue weighted by molar-refractivity contribution is 6.64. The van der Waals surface area contributed by atoms with Gasteiger partial charge in [-0.1, -0.05) is 0 Å². The van der Waals surface area contributed by atoms with Crippen LogP contribution < -0.4 is 0 Å². The zero-order valence-electron chi connectivity index (χ0n) is 8.96. The third-order valence-electron chi connectivity index (χ3n) is 3.32. The van der Waals surface area contributed by atoms with E-state index in [1.807, 2.05) is 13.8 Å². The molecule has 0 radical (unpaired) electrons. The predicted molar refractivity (Wildman–Crippen MR) is 55.6 cm³/mol. The number of Topliss-reactive ketones (excluding diaryl/α,β-unsaturated/α-hetero) is 1. The molecule has 0 aromatic heterocycles. The Kier molecular flexibility index (Phi) is 2.63. The Morgan fingerprint density at radius 2 is 2.20 bits per heavy atom. The Balaban J connectivity index is 1.97. The minimum atomic E-state index is -0.344. The van der Waals surface area contributed by atoms with Crippen LogP contribution in [0.1, 0.15) is 26.7 Å². The Morgan fingerprint density at radius 3 is 2.67 bits per heavy atom. The molecule has 2 fully saturated rings. The van der Waals surface area contributed by atoms with E-state index in [-0.39, 0.29) is 34.4 Å². The summed E-state index contributed by atoms with van der Waals surface area (Å²) in [6.07, 6.45) is 1.19. The van der Waals surface area contributed by atoms with Crippen LogP contribution in [0.3, 0.4) is 0 Å². The Labute approximate surface area is 94.1 Å². The zero-order valence-corrected chi connectivity index (χ0v) is 9.71. The van der Waals surface area contributed by atoms with Gasteiger partial charge in [0.1, 0.15) is 5.78 Å². The van der Waals surface area contributed by atoms with Crippen molar-refractivity contribution in [2.75, 3.05) is 6.61 Å². The van der Waals surface area contributed by atoms with E-state index in [2.05, 4.69) is 0 Å². The van der Waals surface area contributed by atoms with E-state index in [9.17, 15) is 9.59 Å². The maximum atomic E-state index is 11.8. The van der Waals surface area contributed by atoms with Crippen LogP contribution >= 0.6 is 11.6 Å². The summed E-state index contributed by atoms with van der Waals surface area (Å²) in [6.45, 7) is 4.27. The van der Waals surface area contributed by atoms with Crippen molar-refractivity contribution in [3.63, 3.8) is 0 Å². The largest absolute Gasteiger partial charge is 0.374 e. The lowest BCUT2D eigenvalue weighted by Gasteiger charge is -2.33. The van der Waals surface area contributed by atoms with E-state index in [4.69, 9.17) is 16.3 Å². The highest BCUT2D eigenvalue weighted by Crippen LogP contribution is 2.48. The molecule has 0 aromatic rings. The van der Waals surface area contributed by atoms with Crippen LogP contribution in [0.25, 0.3) is 0 Å². The average molecular weight is 231 g/mol. The van der Waals surface area contributed by atoms with E-state index < -0.39 is 0 Å². The average Bonchev–Trinajstić information content (AvgIpc) is 2.81. The minimum Gasteiger partial charge on any atom is -0.374 e. The Morgan fingerprint density at radius 1 is 1.53 bits per heavy atom. The van der Waals surface area contributed by atoms with Crippen molar-refractivity contribution in [3.8, 4) is 0 Å². The van der Waals surface area contributed by atoms with E-state index in [0.29, 0.717) is 13.0 Å². The normalized spacial score (nSPS) is 38.9. The topological polar surface area (TPSA) is 43.4 Å². The molecule has 1 saturated heterocycles. The number of ether oxygens (including phenoxy) is 1. The zero-order chi connectivity index (χ0) is 11.2. The standard InChI is InChI=1S/C11H15ClO3/c1-11(2)4-9(13)8(5-15-11)6-3-7(6)10(12)14/h6-8H,3-5H2,1-2H3. The van der Waals surface area contributed by atoms with Gasteiger partial charge >= 0.3 is 0 Å². The molecule has 0 N–H and O–H groups in total. The molecule has 3 unspecified atom stereocenters. The third kappa shape index (κ3) is 2.23. The van der Waals surface area contributed by atoms with Gasteiger partial charge in [0.05, 0.1) is 12.2 Å². The van der Waals surface area contributed by atoms with E-state index in [1.54, 1.807) is 0 Å². The van der Waals surface area contributed by atoms with Crippen molar-refractivity contribution in [2.24, 2.45) is 17.8 Å². The molecule has 0 amide bonds. The van der Waals surface area contributed by atoms with Gasteiger partial charge in [-0.2, -0.15) is 0 Å². The smallest absolute Gasteiger partial charge is 0.225 e. The third-order valence-corrected chi connectivity index (χ3v) is 3.60. The van der Waals surface area contributed by atoms with Gasteiger partial charge in [-0.25, -0.2) is 0 Å². The number of hydrogen-bond acceptors (Lipinski definition) is 3. The van der Waals surface area contributed by atoms with Gasteiger partial charge in [0.25, 0.3) is 0 Å². The Hall–Kier alpha value is -0.410. The van der Waals surface area contributed by atoms with Crippen molar-refractivity contribution in [1.82, 2.24) is 0 Å². The number of halogens is 1. The lowest BCUT2D eigenvalue weighted by molar-refractivity contribution is -0.146. The number of carbonyl (C=O) groups is 2. The molecule has 1 aliphatic heterocycles. The summed E-state index contributed by atoms with van der Waals surface area (Å²) in [7, 11) is 0. The summed E-state index contributed by atoms with van der Waals surface area (Å²) in [4.78, 5) is 22.7. The highest BCUT2D eigenvalue weighted by atomic mass is 35.5. The van der Waals surface area contributed by atoms with Gasteiger partial charge in [0.15, 0.2) is 0 Å². The van der Waals surface area contributed by atoms with Gasteiger partial charge in [-0.15, -0.1) is 0 Å². The SMILES string of the molecule is CC1(C)CC(=O)C(C2CC2C(=O)Cl)CO1. The van der Waals surface area contributed by atoms with E-state index in [1.165, 1.54) is 0 Å². The summed E-state index contributed by atoms with van der Waals surface area (Å²) < 4.78 is 5.60. The van der Waals surface area contributed by atoms with Crippen molar-refractivity contribution >= 4 is 22.6 Å². The van der Waals surface area contributed by atoms with Crippen LogP contribution in [0.15, 0.2) is 0 Å². The molecule has 0 bridgehead atoms. The highest BCUT2D eigenvalue weighted by Gasteiger charge is 2.51. The first kappa shape index (κ1) is 11.1. The molecule has 2 aliphatic rings. The molecule has 4 heteroatoms. The molecular weight excluding hydrogens is 216 g/mol. The number of ketones is 1. The lowest BCUT2D eigenvalue weighted by atomic mass is 9.87. The van der Waals surface area contributed by atoms with Crippen molar-refractivity contribution in [3.05, 3.63) is 0 Å². The van der Waals surface area contributed by atoms with Crippen LogP contribution in [-0.2, 0) is 14.3 Å². The number of rotatable bonds is 2. The molecule has 0 aromatic carbocycles. The summed E-state index contributed by atoms with van der Waals surface area (Å²) in [5.74, 6) is 0.145.